The molecule has 0 bridgehead atoms. The molecule has 1 rings (SSSR count). The highest BCUT2D eigenvalue weighted by atomic mass is 32.1. The number of thiophene rings is 1. The second kappa shape index (κ2) is 5.13. The van der Waals surface area contributed by atoms with Crippen molar-refractivity contribution in [1.29, 1.82) is 0 Å². The van der Waals surface area contributed by atoms with Gasteiger partial charge < -0.3 is 15.2 Å². The monoisotopic (exact) mass is 187 g/mol. The number of aliphatic hydroxyl groups is 1. The number of methoxy groups -OCH3 is 1. The van der Waals surface area contributed by atoms with E-state index in [1.165, 1.54) is 4.88 Å². The Kier molecular flexibility index (Phi) is 4.07. The largest absolute Gasteiger partial charge is 0.496 e. The highest BCUT2D eigenvalue weighted by molar-refractivity contribution is 7.10. The number of aliphatic hydroxyl groups excluding tert-OH is 1. The van der Waals surface area contributed by atoms with E-state index in [9.17, 15) is 0 Å². The van der Waals surface area contributed by atoms with E-state index in [2.05, 4.69) is 5.32 Å². The number of hydrogen-bond donors (Lipinski definition) is 2. The molecule has 1 aromatic rings. The molecule has 0 aliphatic heterocycles. The molecule has 0 saturated carbocycles. The number of rotatable bonds is 5. The molecule has 0 radical (unpaired) electrons. The summed E-state index contributed by atoms with van der Waals surface area (Å²) in [5.41, 5.74) is 0. The summed E-state index contributed by atoms with van der Waals surface area (Å²) in [5, 5.41) is 13.6. The van der Waals surface area contributed by atoms with Crippen molar-refractivity contribution in [3.8, 4) is 5.75 Å². The molecule has 0 aromatic carbocycles. The minimum Gasteiger partial charge on any atom is -0.496 e. The molecule has 0 amide bonds. The summed E-state index contributed by atoms with van der Waals surface area (Å²) < 4.78 is 5.03. The third-order valence-corrected chi connectivity index (χ3v) is 2.37. The van der Waals surface area contributed by atoms with Crippen LogP contribution in [0.3, 0.4) is 0 Å². The van der Waals surface area contributed by atoms with Crippen molar-refractivity contribution >= 4 is 11.3 Å². The molecule has 1 heterocycles. The molecule has 0 saturated heterocycles. The highest BCUT2D eigenvalue weighted by Gasteiger charge is 1.97. The number of hydrogen-bond acceptors (Lipinski definition) is 4. The molecule has 3 nitrogen and oxygen atoms in total. The number of nitrogens with one attached hydrogen (secondary N) is 1. The highest BCUT2D eigenvalue weighted by Crippen LogP contribution is 2.20. The lowest BCUT2D eigenvalue weighted by Gasteiger charge is -1.97. The molecular weight excluding hydrogens is 174 g/mol. The SMILES string of the molecule is COc1csc(CNCCO)c1. The normalized spacial score (nSPS) is 10.2. The van der Waals surface area contributed by atoms with Gasteiger partial charge >= 0.3 is 0 Å². The van der Waals surface area contributed by atoms with E-state index in [-0.39, 0.29) is 6.61 Å². The molecule has 4 heteroatoms. The van der Waals surface area contributed by atoms with E-state index in [0.29, 0.717) is 6.54 Å². The fourth-order valence-corrected chi connectivity index (χ4v) is 1.65. The van der Waals surface area contributed by atoms with Crippen LogP contribution in [0.5, 0.6) is 5.75 Å². The summed E-state index contributed by atoms with van der Waals surface area (Å²) in [4.78, 5) is 1.22. The van der Waals surface area contributed by atoms with E-state index in [4.69, 9.17) is 9.84 Å². The van der Waals surface area contributed by atoms with Crippen LogP contribution in [0.25, 0.3) is 0 Å². The average Bonchev–Trinajstić information content (AvgIpc) is 2.53. The Balaban J connectivity index is 2.31. The number of ether oxygens (including phenoxy) is 1. The van der Waals surface area contributed by atoms with Gasteiger partial charge in [0.1, 0.15) is 5.75 Å². The van der Waals surface area contributed by atoms with E-state index >= 15 is 0 Å². The van der Waals surface area contributed by atoms with Crippen LogP contribution in [0.1, 0.15) is 4.88 Å². The van der Waals surface area contributed by atoms with Gasteiger partial charge in [0, 0.05) is 23.3 Å². The third kappa shape index (κ3) is 2.81. The van der Waals surface area contributed by atoms with Crippen LogP contribution < -0.4 is 10.1 Å². The van der Waals surface area contributed by atoms with Crippen molar-refractivity contribution in [3.63, 3.8) is 0 Å². The third-order valence-electron chi connectivity index (χ3n) is 1.45. The lowest BCUT2D eigenvalue weighted by Crippen LogP contribution is -2.16. The maximum absolute atomic E-state index is 8.51. The van der Waals surface area contributed by atoms with Crippen molar-refractivity contribution in [1.82, 2.24) is 5.32 Å². The molecule has 0 fully saturated rings. The van der Waals surface area contributed by atoms with Crippen LogP contribution in [0.4, 0.5) is 0 Å². The van der Waals surface area contributed by atoms with E-state index in [0.717, 1.165) is 12.3 Å². The van der Waals surface area contributed by atoms with Crippen LogP contribution in [-0.4, -0.2) is 25.4 Å². The van der Waals surface area contributed by atoms with Gasteiger partial charge in [0.05, 0.1) is 13.7 Å². The zero-order valence-electron chi connectivity index (χ0n) is 7.04. The van der Waals surface area contributed by atoms with Gasteiger partial charge in [0.2, 0.25) is 0 Å². The van der Waals surface area contributed by atoms with Gasteiger partial charge in [-0.2, -0.15) is 0 Å². The quantitative estimate of drug-likeness (QED) is 0.671. The van der Waals surface area contributed by atoms with Gasteiger partial charge in [-0.25, -0.2) is 0 Å². The Morgan fingerprint density at radius 1 is 1.67 bits per heavy atom. The lowest BCUT2D eigenvalue weighted by atomic mass is 10.4. The first-order chi connectivity index (χ1) is 5.86. The minimum absolute atomic E-state index is 0.183. The van der Waals surface area contributed by atoms with Crippen molar-refractivity contribution in [3.05, 3.63) is 16.3 Å². The van der Waals surface area contributed by atoms with Gasteiger partial charge in [0.25, 0.3) is 0 Å². The first-order valence-corrected chi connectivity index (χ1v) is 4.67. The Morgan fingerprint density at radius 3 is 3.08 bits per heavy atom. The van der Waals surface area contributed by atoms with Crippen LogP contribution in [0, 0.1) is 0 Å². The molecule has 1 aromatic heterocycles. The van der Waals surface area contributed by atoms with E-state index in [1.807, 2.05) is 11.4 Å². The van der Waals surface area contributed by atoms with Gasteiger partial charge in [-0.15, -0.1) is 11.3 Å². The summed E-state index contributed by atoms with van der Waals surface area (Å²) >= 11 is 1.66. The van der Waals surface area contributed by atoms with Crippen LogP contribution in [-0.2, 0) is 6.54 Å². The topological polar surface area (TPSA) is 41.5 Å². The van der Waals surface area contributed by atoms with E-state index < -0.39 is 0 Å². The first kappa shape index (κ1) is 9.51. The second-order valence-corrected chi connectivity index (χ2v) is 3.35. The van der Waals surface area contributed by atoms with Crippen molar-refractivity contribution < 1.29 is 9.84 Å². The van der Waals surface area contributed by atoms with Crippen LogP contribution >= 0.6 is 11.3 Å². The molecule has 0 unspecified atom stereocenters. The molecule has 2 N–H and O–H groups in total. The van der Waals surface area contributed by atoms with Crippen molar-refractivity contribution in [2.45, 2.75) is 6.54 Å². The Bertz CT molecular complexity index is 225. The first-order valence-electron chi connectivity index (χ1n) is 3.80. The standard InChI is InChI=1S/C8H13NO2S/c1-11-7-4-8(12-6-7)5-9-2-3-10/h4,6,9-10H,2-3,5H2,1H3. The molecule has 68 valence electrons. The molecule has 0 atom stereocenters. The summed E-state index contributed by atoms with van der Waals surface area (Å²) in [7, 11) is 1.66. The Hall–Kier alpha value is -0.580. The smallest absolute Gasteiger partial charge is 0.129 e. The van der Waals surface area contributed by atoms with Crippen LogP contribution in [0.2, 0.25) is 0 Å². The van der Waals surface area contributed by atoms with Crippen LogP contribution in [0.15, 0.2) is 11.4 Å². The predicted molar refractivity (Wildman–Crippen MR) is 49.7 cm³/mol. The molecule has 0 spiro atoms. The molecule has 12 heavy (non-hydrogen) atoms. The fraction of sp³-hybridized carbons (Fsp3) is 0.500. The molecule has 0 aliphatic rings. The zero-order chi connectivity index (χ0) is 8.81. The summed E-state index contributed by atoms with van der Waals surface area (Å²) in [5.74, 6) is 0.904. The molecule has 0 aliphatic carbocycles. The predicted octanol–water partition coefficient (Wildman–Crippen LogP) is 0.839. The summed E-state index contributed by atoms with van der Waals surface area (Å²) in [6.07, 6.45) is 0. The van der Waals surface area contributed by atoms with Gasteiger partial charge in [0.15, 0.2) is 0 Å². The van der Waals surface area contributed by atoms with Crippen molar-refractivity contribution in [2.24, 2.45) is 0 Å². The maximum atomic E-state index is 8.51. The second-order valence-electron chi connectivity index (χ2n) is 2.35. The van der Waals surface area contributed by atoms with Gasteiger partial charge in [-0.1, -0.05) is 0 Å². The summed E-state index contributed by atoms with van der Waals surface area (Å²) in [6, 6.07) is 2.00. The maximum Gasteiger partial charge on any atom is 0.129 e. The Morgan fingerprint density at radius 2 is 2.50 bits per heavy atom. The summed E-state index contributed by atoms with van der Waals surface area (Å²) in [6.45, 7) is 1.62. The molecular formula is C8H13NO2S. The minimum atomic E-state index is 0.183. The van der Waals surface area contributed by atoms with Gasteiger partial charge in [-0.05, 0) is 6.07 Å². The van der Waals surface area contributed by atoms with E-state index in [1.54, 1.807) is 18.4 Å². The fourth-order valence-electron chi connectivity index (χ4n) is 0.851. The average molecular weight is 187 g/mol. The van der Waals surface area contributed by atoms with Crippen molar-refractivity contribution in [2.75, 3.05) is 20.3 Å². The zero-order valence-corrected chi connectivity index (χ0v) is 7.86. The Labute approximate surface area is 76.0 Å². The lowest BCUT2D eigenvalue weighted by molar-refractivity contribution is 0.292. The van der Waals surface area contributed by atoms with Gasteiger partial charge in [-0.3, -0.25) is 0 Å².